The molecule has 3 rings (SSSR count). The lowest BCUT2D eigenvalue weighted by atomic mass is 9.84. The molecule has 1 aromatic rings. The first kappa shape index (κ1) is 17.0. The summed E-state index contributed by atoms with van der Waals surface area (Å²) in [7, 11) is 1.52. The van der Waals surface area contributed by atoms with Crippen molar-refractivity contribution in [1.29, 1.82) is 5.26 Å². The number of hydrogen-bond acceptors (Lipinski definition) is 6. The lowest BCUT2D eigenvalue weighted by molar-refractivity contribution is 0.0205. The van der Waals surface area contributed by atoms with Crippen LogP contribution in [0.15, 0.2) is 12.1 Å². The zero-order valence-corrected chi connectivity index (χ0v) is 14.1. The normalized spacial score (nSPS) is 21.2. The van der Waals surface area contributed by atoms with Gasteiger partial charge in [0.25, 0.3) is 0 Å². The minimum absolute atomic E-state index is 0.0817. The van der Waals surface area contributed by atoms with Crippen molar-refractivity contribution in [2.75, 3.05) is 46.5 Å². The molecule has 0 radical (unpaired) electrons. The van der Waals surface area contributed by atoms with Gasteiger partial charge in [0.15, 0.2) is 11.5 Å². The van der Waals surface area contributed by atoms with E-state index < -0.39 is 0 Å². The summed E-state index contributed by atoms with van der Waals surface area (Å²) in [6.45, 7) is 5.25. The van der Waals surface area contributed by atoms with E-state index in [2.05, 4.69) is 16.3 Å². The molecule has 1 atom stereocenters. The number of ether oxygens (including phenoxy) is 2. The van der Waals surface area contributed by atoms with E-state index in [0.29, 0.717) is 17.2 Å². The fraction of sp³-hybridized carbons (Fsp3) is 0.611. The van der Waals surface area contributed by atoms with Gasteiger partial charge in [-0.3, -0.25) is 4.90 Å². The molecule has 0 aromatic heterocycles. The second-order valence-corrected chi connectivity index (χ2v) is 6.41. The Morgan fingerprint density at radius 1 is 1.33 bits per heavy atom. The standard InChI is InChI=1S/C18H25N3O3/c1-23-16-11-13(12-19)10-15(18(16)22)17(14-2-8-24-9-3-14)21-6-4-20-5-7-21/h10-11,14,17,20,22H,2-9H2,1H3/t17-/m0/s1. The molecule has 0 bridgehead atoms. The first-order valence-corrected chi connectivity index (χ1v) is 8.58. The van der Waals surface area contributed by atoms with Gasteiger partial charge in [-0.2, -0.15) is 5.26 Å². The smallest absolute Gasteiger partial charge is 0.162 e. The highest BCUT2D eigenvalue weighted by molar-refractivity contribution is 5.53. The minimum Gasteiger partial charge on any atom is -0.504 e. The predicted molar refractivity (Wildman–Crippen MR) is 90.1 cm³/mol. The molecular weight excluding hydrogens is 306 g/mol. The Kier molecular flexibility index (Phi) is 5.56. The van der Waals surface area contributed by atoms with Gasteiger partial charge < -0.3 is 19.9 Å². The Balaban J connectivity index is 2.02. The van der Waals surface area contributed by atoms with E-state index >= 15 is 0 Å². The zero-order chi connectivity index (χ0) is 16.9. The molecule has 2 saturated heterocycles. The first-order valence-electron chi connectivity index (χ1n) is 8.58. The quantitative estimate of drug-likeness (QED) is 0.873. The third-order valence-corrected chi connectivity index (χ3v) is 5.03. The summed E-state index contributed by atoms with van der Waals surface area (Å²) in [5, 5.41) is 23.5. The van der Waals surface area contributed by atoms with Crippen LogP contribution in [0.3, 0.4) is 0 Å². The maximum atomic E-state index is 10.7. The van der Waals surface area contributed by atoms with Gasteiger partial charge in [-0.15, -0.1) is 0 Å². The van der Waals surface area contributed by atoms with Crippen molar-refractivity contribution in [2.24, 2.45) is 5.92 Å². The van der Waals surface area contributed by atoms with Crippen LogP contribution in [0.25, 0.3) is 0 Å². The van der Waals surface area contributed by atoms with Gasteiger partial charge in [-0.05, 0) is 24.8 Å². The van der Waals surface area contributed by atoms with Gasteiger partial charge >= 0.3 is 0 Å². The van der Waals surface area contributed by atoms with Gasteiger partial charge in [-0.1, -0.05) is 0 Å². The van der Waals surface area contributed by atoms with Crippen LogP contribution in [-0.2, 0) is 4.74 Å². The lowest BCUT2D eigenvalue weighted by Crippen LogP contribution is -2.47. The molecule has 6 heteroatoms. The Morgan fingerprint density at radius 3 is 2.67 bits per heavy atom. The van der Waals surface area contributed by atoms with E-state index in [1.54, 1.807) is 6.07 Å². The number of rotatable bonds is 4. The summed E-state index contributed by atoms with van der Waals surface area (Å²) in [6.07, 6.45) is 1.93. The van der Waals surface area contributed by atoms with Crippen molar-refractivity contribution in [3.8, 4) is 17.6 Å². The molecule has 0 saturated carbocycles. The molecule has 2 fully saturated rings. The van der Waals surface area contributed by atoms with Crippen LogP contribution in [0.2, 0.25) is 0 Å². The van der Waals surface area contributed by atoms with E-state index in [1.807, 2.05) is 6.07 Å². The number of nitrogens with one attached hydrogen (secondary N) is 1. The second kappa shape index (κ2) is 7.84. The van der Waals surface area contributed by atoms with Gasteiger partial charge in [0, 0.05) is 57.1 Å². The molecule has 2 aliphatic rings. The molecule has 130 valence electrons. The maximum Gasteiger partial charge on any atom is 0.162 e. The molecule has 1 aromatic carbocycles. The van der Waals surface area contributed by atoms with Crippen molar-refractivity contribution in [1.82, 2.24) is 10.2 Å². The third-order valence-electron chi connectivity index (χ3n) is 5.03. The maximum absolute atomic E-state index is 10.7. The van der Waals surface area contributed by atoms with Crippen LogP contribution >= 0.6 is 0 Å². The molecular formula is C18H25N3O3. The Bertz CT molecular complexity index is 584. The van der Waals surface area contributed by atoms with Crippen LogP contribution < -0.4 is 10.1 Å². The monoisotopic (exact) mass is 331 g/mol. The number of hydrogen-bond donors (Lipinski definition) is 2. The highest BCUT2D eigenvalue weighted by Crippen LogP contribution is 2.43. The van der Waals surface area contributed by atoms with Crippen molar-refractivity contribution in [3.63, 3.8) is 0 Å². The summed E-state index contributed by atoms with van der Waals surface area (Å²) in [5.41, 5.74) is 1.33. The third kappa shape index (κ3) is 3.48. The van der Waals surface area contributed by atoms with Crippen molar-refractivity contribution in [3.05, 3.63) is 23.3 Å². The van der Waals surface area contributed by atoms with E-state index in [1.165, 1.54) is 7.11 Å². The van der Waals surface area contributed by atoms with Gasteiger partial charge in [0.1, 0.15) is 0 Å². The van der Waals surface area contributed by atoms with E-state index in [4.69, 9.17) is 9.47 Å². The molecule has 0 unspecified atom stereocenters. The lowest BCUT2D eigenvalue weighted by Gasteiger charge is -2.41. The Labute approximate surface area is 143 Å². The second-order valence-electron chi connectivity index (χ2n) is 6.41. The number of phenolic OH excluding ortho intramolecular Hbond substituents is 1. The SMILES string of the molecule is COc1cc(C#N)cc([C@H](C2CCOCC2)N2CCNCC2)c1O. The van der Waals surface area contributed by atoms with Crippen LogP contribution in [0, 0.1) is 17.2 Å². The molecule has 2 N–H and O–H groups in total. The predicted octanol–water partition coefficient (Wildman–Crippen LogP) is 1.65. The molecule has 24 heavy (non-hydrogen) atoms. The van der Waals surface area contributed by atoms with Crippen molar-refractivity contribution >= 4 is 0 Å². The van der Waals surface area contributed by atoms with Crippen molar-refractivity contribution < 1.29 is 14.6 Å². The van der Waals surface area contributed by atoms with Crippen LogP contribution in [0.1, 0.15) is 30.0 Å². The first-order chi connectivity index (χ1) is 11.7. The number of benzene rings is 1. The summed E-state index contributed by atoms with van der Waals surface area (Å²) in [5.74, 6) is 0.934. The number of nitriles is 1. The average Bonchev–Trinajstić information content (AvgIpc) is 2.65. The molecule has 0 amide bonds. The molecule has 0 spiro atoms. The average molecular weight is 331 g/mol. The fourth-order valence-corrected chi connectivity index (χ4v) is 3.82. The molecule has 2 heterocycles. The topological polar surface area (TPSA) is 77.8 Å². The fourth-order valence-electron chi connectivity index (χ4n) is 3.82. The minimum atomic E-state index is 0.0817. The Morgan fingerprint density at radius 2 is 2.04 bits per heavy atom. The molecule has 0 aliphatic carbocycles. The van der Waals surface area contributed by atoms with Crippen LogP contribution in [-0.4, -0.2) is 56.5 Å². The molecule has 6 nitrogen and oxygen atoms in total. The summed E-state index contributed by atoms with van der Waals surface area (Å²) in [4.78, 5) is 2.42. The number of piperazine rings is 1. The molecule has 2 aliphatic heterocycles. The number of aromatic hydroxyl groups is 1. The Hall–Kier alpha value is -1.81. The van der Waals surface area contributed by atoms with Gasteiger partial charge in [0.2, 0.25) is 0 Å². The van der Waals surface area contributed by atoms with E-state index in [-0.39, 0.29) is 11.8 Å². The van der Waals surface area contributed by atoms with Gasteiger partial charge in [0.05, 0.1) is 18.7 Å². The number of phenols is 1. The van der Waals surface area contributed by atoms with Gasteiger partial charge in [-0.25, -0.2) is 0 Å². The summed E-state index contributed by atoms with van der Waals surface area (Å²) < 4.78 is 10.8. The highest BCUT2D eigenvalue weighted by Gasteiger charge is 2.34. The van der Waals surface area contributed by atoms with E-state index in [9.17, 15) is 10.4 Å². The summed E-state index contributed by atoms with van der Waals surface area (Å²) >= 11 is 0. The summed E-state index contributed by atoms with van der Waals surface area (Å²) in [6, 6.07) is 5.68. The zero-order valence-electron chi connectivity index (χ0n) is 14.1. The van der Waals surface area contributed by atoms with Crippen LogP contribution in [0.5, 0.6) is 11.5 Å². The van der Waals surface area contributed by atoms with E-state index in [0.717, 1.165) is 57.8 Å². The van der Waals surface area contributed by atoms with Crippen LogP contribution in [0.4, 0.5) is 0 Å². The number of nitrogens with zero attached hydrogens (tertiary/aromatic N) is 2. The highest BCUT2D eigenvalue weighted by atomic mass is 16.5. The largest absolute Gasteiger partial charge is 0.504 e. The number of methoxy groups -OCH3 is 1. The van der Waals surface area contributed by atoms with Crippen molar-refractivity contribution in [2.45, 2.75) is 18.9 Å².